The second kappa shape index (κ2) is 5.76. The van der Waals surface area contributed by atoms with E-state index in [9.17, 15) is 19.6 Å². The van der Waals surface area contributed by atoms with Gasteiger partial charge in [-0.2, -0.15) is 5.26 Å². The zero-order valence-corrected chi connectivity index (χ0v) is 13.8. The Bertz CT molecular complexity index is 901. The van der Waals surface area contributed by atoms with Crippen molar-refractivity contribution < 1.29 is 18.7 Å². The summed E-state index contributed by atoms with van der Waals surface area (Å²) < 4.78 is 18.5. The van der Waals surface area contributed by atoms with Crippen molar-refractivity contribution >= 4 is 17.7 Å². The Labute approximate surface area is 147 Å². The lowest BCUT2D eigenvalue weighted by atomic mass is 9.86. The quantitative estimate of drug-likeness (QED) is 0.895. The van der Waals surface area contributed by atoms with Gasteiger partial charge in [0.1, 0.15) is 5.82 Å². The Balaban J connectivity index is 1.81. The summed E-state index contributed by atoms with van der Waals surface area (Å²) in [5.74, 6) is -0.673. The first kappa shape index (κ1) is 15.9. The third-order valence-electron chi connectivity index (χ3n) is 4.50. The van der Waals surface area contributed by atoms with Crippen LogP contribution in [0.1, 0.15) is 23.7 Å². The molecule has 2 aromatic rings. The van der Waals surface area contributed by atoms with Crippen LogP contribution in [0.15, 0.2) is 57.7 Å². The van der Waals surface area contributed by atoms with Gasteiger partial charge in [-0.25, -0.2) is 4.39 Å². The maximum atomic E-state index is 13.2. The van der Waals surface area contributed by atoms with Crippen molar-refractivity contribution in [2.75, 3.05) is 5.75 Å². The smallest absolute Gasteiger partial charge is 0.231 e. The second-order valence-electron chi connectivity index (χ2n) is 5.95. The average Bonchev–Trinajstić information content (AvgIpc) is 3.25. The van der Waals surface area contributed by atoms with E-state index in [-0.39, 0.29) is 29.7 Å². The number of carbonyl (C=O) groups excluding carboxylic acids is 1. The minimum Gasteiger partial charge on any atom is -0.464 e. The van der Waals surface area contributed by atoms with Gasteiger partial charge < -0.3 is 9.52 Å². The molecule has 0 saturated carbocycles. The number of amides is 1. The summed E-state index contributed by atoms with van der Waals surface area (Å²) >= 11 is 1.25. The van der Waals surface area contributed by atoms with Gasteiger partial charge in [-0.3, -0.25) is 9.69 Å². The molecule has 2 aliphatic rings. The Morgan fingerprint density at radius 1 is 1.36 bits per heavy atom. The molecule has 2 aliphatic heterocycles. The van der Waals surface area contributed by atoms with Crippen molar-refractivity contribution in [3.8, 4) is 6.07 Å². The van der Waals surface area contributed by atoms with Crippen molar-refractivity contribution in [2.45, 2.75) is 18.1 Å². The molecular weight excluding hydrogens is 343 g/mol. The van der Waals surface area contributed by atoms with Crippen LogP contribution >= 0.6 is 11.8 Å². The number of carbonyl (C=O) groups is 1. The van der Waals surface area contributed by atoms with Crippen molar-refractivity contribution in [1.29, 1.82) is 5.26 Å². The molecule has 2 atom stereocenters. The first-order chi connectivity index (χ1) is 12.0. The van der Waals surface area contributed by atoms with Gasteiger partial charge in [0, 0.05) is 12.3 Å². The van der Waals surface area contributed by atoms with Crippen molar-refractivity contribution in [2.24, 2.45) is 0 Å². The topological polar surface area (TPSA) is 77.5 Å². The molecule has 3 heterocycles. The summed E-state index contributed by atoms with van der Waals surface area (Å²) in [4.78, 5) is 14.1. The number of nitrogens with zero attached hydrogens (tertiary/aromatic N) is 2. The van der Waals surface area contributed by atoms with E-state index in [0.29, 0.717) is 16.2 Å². The van der Waals surface area contributed by atoms with Crippen LogP contribution in [0.3, 0.4) is 0 Å². The third-order valence-corrected chi connectivity index (χ3v) is 5.72. The van der Waals surface area contributed by atoms with Crippen LogP contribution in [-0.4, -0.2) is 21.7 Å². The second-order valence-corrected chi connectivity index (χ2v) is 6.91. The zero-order chi connectivity index (χ0) is 17.6. The number of hydrogen-bond donors (Lipinski definition) is 1. The molecule has 4 rings (SSSR count). The normalized spacial score (nSPS) is 25.9. The molecule has 0 bridgehead atoms. The highest BCUT2D eigenvalue weighted by Gasteiger charge is 2.53. The molecule has 1 N–H and O–H groups in total. The Kier molecular flexibility index (Phi) is 3.67. The summed E-state index contributed by atoms with van der Waals surface area (Å²) in [6.07, 6.45) is 1.46. The fourth-order valence-corrected chi connectivity index (χ4v) is 4.63. The Morgan fingerprint density at radius 3 is 2.76 bits per heavy atom. The number of rotatable bonds is 2. The van der Waals surface area contributed by atoms with Gasteiger partial charge in [0.15, 0.2) is 5.76 Å². The van der Waals surface area contributed by atoms with Gasteiger partial charge in [0.05, 0.1) is 28.7 Å². The lowest BCUT2D eigenvalue weighted by Gasteiger charge is -2.36. The zero-order valence-electron chi connectivity index (χ0n) is 13.0. The van der Waals surface area contributed by atoms with E-state index in [0.717, 1.165) is 0 Å². The fourth-order valence-electron chi connectivity index (χ4n) is 3.29. The van der Waals surface area contributed by atoms with Gasteiger partial charge >= 0.3 is 0 Å². The predicted molar refractivity (Wildman–Crippen MR) is 88.3 cm³/mol. The highest BCUT2D eigenvalue weighted by molar-refractivity contribution is 8.03. The van der Waals surface area contributed by atoms with Gasteiger partial charge in [-0.1, -0.05) is 12.1 Å². The lowest BCUT2D eigenvalue weighted by molar-refractivity contribution is -0.152. The van der Waals surface area contributed by atoms with E-state index in [4.69, 9.17) is 4.42 Å². The summed E-state index contributed by atoms with van der Waals surface area (Å²) in [5, 5.41) is 21.1. The average molecular weight is 356 g/mol. The van der Waals surface area contributed by atoms with Gasteiger partial charge in [-0.15, -0.1) is 11.8 Å². The minimum absolute atomic E-state index is 0.0294. The fraction of sp³-hybridized carbons (Fsp3) is 0.222. The Hall–Kier alpha value is -2.56. The molecule has 1 saturated heterocycles. The van der Waals surface area contributed by atoms with Crippen LogP contribution < -0.4 is 0 Å². The van der Waals surface area contributed by atoms with Crippen molar-refractivity contribution in [1.82, 2.24) is 4.90 Å². The molecule has 1 fully saturated rings. The summed E-state index contributed by atoms with van der Waals surface area (Å²) in [6.45, 7) is 0. The van der Waals surface area contributed by atoms with E-state index in [2.05, 4.69) is 6.07 Å². The molecule has 0 aliphatic carbocycles. The number of allylic oxidation sites excluding steroid dienone is 1. The van der Waals surface area contributed by atoms with Crippen LogP contribution in [0.25, 0.3) is 0 Å². The minimum atomic E-state index is -1.60. The number of halogens is 1. The first-order valence-corrected chi connectivity index (χ1v) is 8.65. The standard InChI is InChI=1S/C18H13FN2O3S/c19-12-5-3-11(4-6-12)13-8-16(22)21-17(14(13)9-20)25-10-18(21,23)15-2-1-7-24-15/h1-7,13,23H,8,10H2/t13-,18-/m1/s1. The summed E-state index contributed by atoms with van der Waals surface area (Å²) in [5.41, 5.74) is -0.498. The van der Waals surface area contributed by atoms with Crippen LogP contribution in [0, 0.1) is 17.1 Å². The van der Waals surface area contributed by atoms with Crippen LogP contribution in [0.5, 0.6) is 0 Å². The van der Waals surface area contributed by atoms with E-state index in [1.54, 1.807) is 24.3 Å². The number of furan rings is 1. The maximum absolute atomic E-state index is 13.2. The predicted octanol–water partition coefficient (Wildman–Crippen LogP) is 3.06. The Morgan fingerprint density at radius 2 is 2.12 bits per heavy atom. The molecule has 25 heavy (non-hydrogen) atoms. The molecule has 0 spiro atoms. The molecule has 126 valence electrons. The van der Waals surface area contributed by atoms with Gasteiger partial charge in [0.25, 0.3) is 0 Å². The molecule has 0 radical (unpaired) electrons. The van der Waals surface area contributed by atoms with Crippen molar-refractivity contribution in [3.05, 3.63) is 70.4 Å². The lowest BCUT2D eigenvalue weighted by Crippen LogP contribution is -2.48. The van der Waals surface area contributed by atoms with Crippen LogP contribution in [-0.2, 0) is 10.5 Å². The van der Waals surface area contributed by atoms with Crippen LogP contribution in [0.4, 0.5) is 4.39 Å². The number of hydrogen-bond acceptors (Lipinski definition) is 5. The molecular formula is C18H13FN2O3S. The number of aliphatic hydroxyl groups is 1. The van der Waals surface area contributed by atoms with E-state index >= 15 is 0 Å². The molecule has 1 aromatic heterocycles. The van der Waals surface area contributed by atoms with Crippen molar-refractivity contribution in [3.63, 3.8) is 0 Å². The largest absolute Gasteiger partial charge is 0.464 e. The molecule has 5 nitrogen and oxygen atoms in total. The molecule has 0 unspecified atom stereocenters. The molecule has 1 amide bonds. The highest BCUT2D eigenvalue weighted by atomic mass is 32.2. The van der Waals surface area contributed by atoms with E-state index in [1.165, 1.54) is 35.1 Å². The van der Waals surface area contributed by atoms with Crippen LogP contribution in [0.2, 0.25) is 0 Å². The van der Waals surface area contributed by atoms with E-state index < -0.39 is 11.6 Å². The first-order valence-electron chi connectivity index (χ1n) is 7.66. The molecule has 1 aromatic carbocycles. The van der Waals surface area contributed by atoms with E-state index in [1.807, 2.05) is 0 Å². The number of benzene rings is 1. The number of nitriles is 1. The monoisotopic (exact) mass is 356 g/mol. The summed E-state index contributed by atoms with van der Waals surface area (Å²) in [7, 11) is 0. The van der Waals surface area contributed by atoms with Gasteiger partial charge in [-0.05, 0) is 29.8 Å². The maximum Gasteiger partial charge on any atom is 0.231 e. The molecule has 7 heteroatoms. The number of fused-ring (bicyclic) bond motifs is 1. The third kappa shape index (κ3) is 2.37. The van der Waals surface area contributed by atoms with Gasteiger partial charge in [0.2, 0.25) is 11.6 Å². The number of thioether (sulfide) groups is 1. The summed E-state index contributed by atoms with van der Waals surface area (Å²) in [6, 6.07) is 11.2. The highest BCUT2D eigenvalue weighted by Crippen LogP contribution is 2.51. The SMILES string of the molecule is N#CC1=C2SC[C@@](O)(c3ccco3)N2C(=O)C[C@@H]1c1ccc(F)cc1.